The molecular weight excluding hydrogens is 300 g/mol. The van der Waals surface area contributed by atoms with E-state index in [1.165, 1.54) is 0 Å². The SMILES string of the molecule is O=C(/C=C/c1ccc(OCCCCCCO)cc1)c1ccccc1. The molecule has 0 unspecified atom stereocenters. The van der Waals surface area contributed by atoms with Gasteiger partial charge in [-0.2, -0.15) is 0 Å². The van der Waals surface area contributed by atoms with E-state index < -0.39 is 0 Å². The molecule has 0 aliphatic heterocycles. The number of hydrogen-bond acceptors (Lipinski definition) is 3. The number of carbonyl (C=O) groups excluding carboxylic acids is 1. The maximum atomic E-state index is 12.0. The molecule has 2 aromatic rings. The molecule has 0 amide bonds. The van der Waals surface area contributed by atoms with Gasteiger partial charge in [0, 0.05) is 12.2 Å². The summed E-state index contributed by atoms with van der Waals surface area (Å²) in [6.45, 7) is 0.954. The van der Waals surface area contributed by atoms with Crippen LogP contribution in [0.1, 0.15) is 41.6 Å². The summed E-state index contributed by atoms with van der Waals surface area (Å²) in [5.74, 6) is 0.836. The van der Waals surface area contributed by atoms with Gasteiger partial charge >= 0.3 is 0 Å². The summed E-state index contributed by atoms with van der Waals surface area (Å²) >= 11 is 0. The van der Waals surface area contributed by atoms with E-state index in [0.717, 1.165) is 37.0 Å². The number of rotatable bonds is 10. The monoisotopic (exact) mass is 324 g/mol. The Kier molecular flexibility index (Phi) is 7.78. The van der Waals surface area contributed by atoms with Crippen LogP contribution in [0, 0.1) is 0 Å². The van der Waals surface area contributed by atoms with Gasteiger partial charge in [-0.25, -0.2) is 0 Å². The molecule has 0 radical (unpaired) electrons. The van der Waals surface area contributed by atoms with Gasteiger partial charge in [0.15, 0.2) is 5.78 Å². The second-order valence-electron chi connectivity index (χ2n) is 5.62. The van der Waals surface area contributed by atoms with Crippen molar-refractivity contribution in [2.24, 2.45) is 0 Å². The lowest BCUT2D eigenvalue weighted by Crippen LogP contribution is -1.97. The minimum absolute atomic E-state index is 0.00111. The van der Waals surface area contributed by atoms with Crippen LogP contribution in [0.5, 0.6) is 5.75 Å². The Bertz CT molecular complexity index is 630. The van der Waals surface area contributed by atoms with E-state index in [0.29, 0.717) is 12.2 Å². The van der Waals surface area contributed by atoms with Crippen molar-refractivity contribution in [1.82, 2.24) is 0 Å². The number of ether oxygens (including phenoxy) is 1. The van der Waals surface area contributed by atoms with Crippen molar-refractivity contribution in [2.75, 3.05) is 13.2 Å². The Labute approximate surface area is 143 Å². The van der Waals surface area contributed by atoms with Gasteiger partial charge in [0.25, 0.3) is 0 Å². The third-order valence-electron chi connectivity index (χ3n) is 3.69. The minimum atomic E-state index is -0.00111. The van der Waals surface area contributed by atoms with Crippen molar-refractivity contribution in [1.29, 1.82) is 0 Å². The van der Waals surface area contributed by atoms with Gasteiger partial charge < -0.3 is 9.84 Å². The Balaban J connectivity index is 1.77. The van der Waals surface area contributed by atoms with Crippen LogP contribution < -0.4 is 4.74 Å². The Hall–Kier alpha value is -2.39. The highest BCUT2D eigenvalue weighted by Crippen LogP contribution is 2.14. The zero-order chi connectivity index (χ0) is 17.0. The van der Waals surface area contributed by atoms with Crippen LogP contribution in [-0.4, -0.2) is 24.1 Å². The Morgan fingerprint density at radius 3 is 2.33 bits per heavy atom. The largest absolute Gasteiger partial charge is 0.494 e. The third kappa shape index (κ3) is 6.39. The van der Waals surface area contributed by atoms with E-state index >= 15 is 0 Å². The number of allylic oxidation sites excluding steroid dienone is 1. The summed E-state index contributed by atoms with van der Waals surface area (Å²) < 4.78 is 5.68. The van der Waals surface area contributed by atoms with Crippen LogP contribution in [0.3, 0.4) is 0 Å². The van der Waals surface area contributed by atoms with Crippen molar-refractivity contribution in [3.63, 3.8) is 0 Å². The van der Waals surface area contributed by atoms with Gasteiger partial charge in [-0.15, -0.1) is 0 Å². The average molecular weight is 324 g/mol. The van der Waals surface area contributed by atoms with Crippen LogP contribution in [0.4, 0.5) is 0 Å². The summed E-state index contributed by atoms with van der Waals surface area (Å²) in [5.41, 5.74) is 1.66. The van der Waals surface area contributed by atoms with Gasteiger partial charge in [0.2, 0.25) is 0 Å². The smallest absolute Gasteiger partial charge is 0.185 e. The topological polar surface area (TPSA) is 46.5 Å². The van der Waals surface area contributed by atoms with E-state index in [9.17, 15) is 4.79 Å². The fraction of sp³-hybridized carbons (Fsp3) is 0.286. The molecule has 2 rings (SSSR count). The van der Waals surface area contributed by atoms with Crippen molar-refractivity contribution < 1.29 is 14.6 Å². The first-order valence-corrected chi connectivity index (χ1v) is 8.41. The lowest BCUT2D eigenvalue weighted by Gasteiger charge is -2.06. The minimum Gasteiger partial charge on any atom is -0.494 e. The summed E-state index contributed by atoms with van der Waals surface area (Å²) in [6, 6.07) is 16.9. The summed E-state index contributed by atoms with van der Waals surface area (Å²) in [4.78, 5) is 12.0. The number of carbonyl (C=O) groups is 1. The highest BCUT2D eigenvalue weighted by Gasteiger charge is 2.00. The first-order chi connectivity index (χ1) is 11.8. The van der Waals surface area contributed by atoms with E-state index in [1.54, 1.807) is 6.08 Å². The molecule has 0 heterocycles. The molecule has 24 heavy (non-hydrogen) atoms. The molecule has 0 aliphatic carbocycles. The summed E-state index contributed by atoms with van der Waals surface area (Å²) in [6.07, 6.45) is 7.37. The average Bonchev–Trinajstić information content (AvgIpc) is 2.64. The normalized spacial score (nSPS) is 10.9. The maximum Gasteiger partial charge on any atom is 0.185 e. The zero-order valence-electron chi connectivity index (χ0n) is 13.9. The van der Waals surface area contributed by atoms with Crippen LogP contribution in [-0.2, 0) is 0 Å². The predicted octanol–water partition coefficient (Wildman–Crippen LogP) is 4.51. The molecule has 0 saturated heterocycles. The van der Waals surface area contributed by atoms with Crippen LogP contribution >= 0.6 is 0 Å². The molecule has 0 saturated carbocycles. The first-order valence-electron chi connectivity index (χ1n) is 8.41. The van der Waals surface area contributed by atoms with Crippen LogP contribution in [0.2, 0.25) is 0 Å². The molecular formula is C21H24O3. The second-order valence-corrected chi connectivity index (χ2v) is 5.62. The Morgan fingerprint density at radius 1 is 0.917 bits per heavy atom. The van der Waals surface area contributed by atoms with Crippen molar-refractivity contribution in [3.05, 3.63) is 71.8 Å². The number of ketones is 1. The van der Waals surface area contributed by atoms with Gasteiger partial charge in [0.05, 0.1) is 6.61 Å². The standard InChI is InChI=1S/C21H24O3/c22-16-6-1-2-7-17-24-20-13-10-18(11-14-20)12-15-21(23)19-8-4-3-5-9-19/h3-5,8-15,22H,1-2,6-7,16-17H2/b15-12+. The van der Waals surface area contributed by atoms with Crippen molar-refractivity contribution >= 4 is 11.9 Å². The summed E-state index contributed by atoms with van der Waals surface area (Å²) in [7, 11) is 0. The maximum absolute atomic E-state index is 12.0. The van der Waals surface area contributed by atoms with E-state index in [1.807, 2.05) is 60.7 Å². The first kappa shape index (κ1) is 18.0. The molecule has 0 bridgehead atoms. The Morgan fingerprint density at radius 2 is 1.62 bits per heavy atom. The molecule has 2 aromatic carbocycles. The molecule has 3 nitrogen and oxygen atoms in total. The number of aliphatic hydroxyl groups is 1. The molecule has 0 fully saturated rings. The predicted molar refractivity (Wildman–Crippen MR) is 97.3 cm³/mol. The fourth-order valence-electron chi connectivity index (χ4n) is 2.30. The fourth-order valence-corrected chi connectivity index (χ4v) is 2.30. The van der Waals surface area contributed by atoms with Gasteiger partial charge in [0.1, 0.15) is 5.75 Å². The van der Waals surface area contributed by atoms with Crippen molar-refractivity contribution in [2.45, 2.75) is 25.7 Å². The van der Waals surface area contributed by atoms with Crippen molar-refractivity contribution in [3.8, 4) is 5.75 Å². The second kappa shape index (κ2) is 10.4. The molecule has 126 valence electrons. The molecule has 0 aliphatic rings. The van der Waals surface area contributed by atoms with Crippen LogP contribution in [0.15, 0.2) is 60.7 Å². The van der Waals surface area contributed by atoms with E-state index in [2.05, 4.69) is 0 Å². The lowest BCUT2D eigenvalue weighted by atomic mass is 10.1. The number of benzene rings is 2. The van der Waals surface area contributed by atoms with Gasteiger partial charge in [-0.05, 0) is 43.0 Å². The van der Waals surface area contributed by atoms with E-state index in [4.69, 9.17) is 9.84 Å². The quantitative estimate of drug-likeness (QED) is 0.397. The number of hydrogen-bond donors (Lipinski definition) is 1. The van der Waals surface area contributed by atoms with Gasteiger partial charge in [-0.1, -0.05) is 55.0 Å². The molecule has 0 aromatic heterocycles. The number of unbranched alkanes of at least 4 members (excludes halogenated alkanes) is 3. The summed E-state index contributed by atoms with van der Waals surface area (Å²) in [5, 5.41) is 8.71. The highest BCUT2D eigenvalue weighted by molar-refractivity contribution is 6.06. The molecule has 3 heteroatoms. The van der Waals surface area contributed by atoms with E-state index in [-0.39, 0.29) is 12.4 Å². The molecule has 0 spiro atoms. The lowest BCUT2D eigenvalue weighted by molar-refractivity contribution is 0.104. The van der Waals surface area contributed by atoms with Crippen LogP contribution in [0.25, 0.3) is 6.08 Å². The number of aliphatic hydroxyl groups excluding tert-OH is 1. The highest BCUT2D eigenvalue weighted by atomic mass is 16.5. The van der Waals surface area contributed by atoms with Gasteiger partial charge in [-0.3, -0.25) is 4.79 Å². The third-order valence-corrected chi connectivity index (χ3v) is 3.69. The zero-order valence-corrected chi connectivity index (χ0v) is 13.9. The molecule has 0 atom stereocenters. The molecule has 1 N–H and O–H groups in total.